The van der Waals surface area contributed by atoms with Gasteiger partial charge in [0.25, 0.3) is 0 Å². The zero-order valence-corrected chi connectivity index (χ0v) is 15.9. The number of carbonyl (C=O) groups excluding carboxylic acids is 3. The van der Waals surface area contributed by atoms with Crippen LogP contribution in [0.25, 0.3) is 0 Å². The van der Waals surface area contributed by atoms with Crippen LogP contribution in [0.15, 0.2) is 48.5 Å². The number of hydrogen-bond acceptors (Lipinski definition) is 5. The Morgan fingerprint density at radius 3 is 1.94 bits per heavy atom. The number of carboxylic acids is 1. The van der Waals surface area contributed by atoms with E-state index in [1.54, 1.807) is 5.32 Å². The summed E-state index contributed by atoms with van der Waals surface area (Å²) in [4.78, 5) is 44.9. The Balaban J connectivity index is 1.85. The van der Waals surface area contributed by atoms with Crippen molar-refractivity contribution < 1.29 is 42.2 Å². The van der Waals surface area contributed by atoms with Crippen molar-refractivity contribution in [3.63, 3.8) is 0 Å². The predicted octanol–water partition coefficient (Wildman–Crippen LogP) is 3.14. The molecule has 0 bridgehead atoms. The Labute approximate surface area is 174 Å². The Morgan fingerprint density at radius 1 is 0.839 bits per heavy atom. The van der Waals surface area contributed by atoms with E-state index in [1.807, 2.05) is 0 Å². The zero-order chi connectivity index (χ0) is 23.0. The van der Waals surface area contributed by atoms with E-state index in [4.69, 9.17) is 9.84 Å². The first-order chi connectivity index (χ1) is 14.5. The number of ether oxygens (including phenoxy) is 1. The maximum Gasteiger partial charge on any atom is 0.471 e. The first-order valence-corrected chi connectivity index (χ1v) is 8.82. The highest BCUT2D eigenvalue weighted by Gasteiger charge is 2.38. The Morgan fingerprint density at radius 2 is 1.39 bits per heavy atom. The molecule has 0 aliphatic carbocycles. The van der Waals surface area contributed by atoms with Gasteiger partial charge in [-0.05, 0) is 42.0 Å². The van der Waals surface area contributed by atoms with Gasteiger partial charge in [0.1, 0.15) is 5.75 Å². The zero-order valence-electron chi connectivity index (χ0n) is 15.9. The lowest BCUT2D eigenvalue weighted by molar-refractivity contribution is -0.167. The van der Waals surface area contributed by atoms with Gasteiger partial charge in [0.15, 0.2) is 0 Å². The summed E-state index contributed by atoms with van der Waals surface area (Å²) in [5, 5.41) is 12.7. The molecule has 31 heavy (non-hydrogen) atoms. The third-order valence-corrected chi connectivity index (χ3v) is 3.75. The molecule has 0 atom stereocenters. The minimum absolute atomic E-state index is 0.0690. The van der Waals surface area contributed by atoms with E-state index in [0.717, 1.165) is 0 Å². The molecule has 0 saturated heterocycles. The van der Waals surface area contributed by atoms with Crippen LogP contribution in [0.3, 0.4) is 0 Å². The van der Waals surface area contributed by atoms with E-state index >= 15 is 0 Å². The average molecular weight is 438 g/mol. The fourth-order valence-electron chi connectivity index (χ4n) is 2.29. The topological polar surface area (TPSA) is 122 Å². The molecule has 8 nitrogen and oxygen atoms in total. The maximum absolute atomic E-state index is 12.2. The van der Waals surface area contributed by atoms with Crippen molar-refractivity contribution in [2.24, 2.45) is 0 Å². The number of esters is 1. The first-order valence-electron chi connectivity index (χ1n) is 8.82. The molecule has 2 aromatic rings. The molecule has 0 aliphatic rings. The number of amides is 2. The number of anilines is 2. The molecule has 0 aromatic heterocycles. The molecule has 0 fully saturated rings. The molecule has 0 aliphatic heterocycles. The van der Waals surface area contributed by atoms with Gasteiger partial charge in [-0.15, -0.1) is 0 Å². The Kier molecular flexibility index (Phi) is 7.72. The number of alkyl halides is 3. The number of carboxylic acid groups (broad SMARTS) is 1. The lowest BCUT2D eigenvalue weighted by Gasteiger charge is -2.09. The molecule has 2 amide bonds. The van der Waals surface area contributed by atoms with Crippen LogP contribution in [-0.4, -0.2) is 35.0 Å². The monoisotopic (exact) mass is 438 g/mol. The van der Waals surface area contributed by atoms with Crippen LogP contribution in [0.2, 0.25) is 0 Å². The number of benzene rings is 2. The summed E-state index contributed by atoms with van der Waals surface area (Å²) in [5.41, 5.74) is 0.782. The highest BCUT2D eigenvalue weighted by molar-refractivity contribution is 5.95. The van der Waals surface area contributed by atoms with Gasteiger partial charge in [0, 0.05) is 17.8 Å². The minimum atomic E-state index is -5.00. The molecule has 3 N–H and O–H groups in total. The molecule has 0 spiro atoms. The van der Waals surface area contributed by atoms with E-state index in [0.29, 0.717) is 11.3 Å². The highest BCUT2D eigenvalue weighted by atomic mass is 19.4. The Bertz CT molecular complexity index is 956. The number of carbonyl (C=O) groups is 4. The second-order valence-corrected chi connectivity index (χ2v) is 6.27. The number of hydrogen-bond donors (Lipinski definition) is 3. The lowest BCUT2D eigenvalue weighted by atomic mass is 10.1. The predicted molar refractivity (Wildman–Crippen MR) is 102 cm³/mol. The summed E-state index contributed by atoms with van der Waals surface area (Å²) in [6.45, 7) is 0. The fourth-order valence-corrected chi connectivity index (χ4v) is 2.29. The van der Waals surface area contributed by atoms with Crippen LogP contribution < -0.4 is 15.4 Å². The summed E-state index contributed by atoms with van der Waals surface area (Å²) >= 11 is 0. The van der Waals surface area contributed by atoms with Crippen molar-refractivity contribution in [1.82, 2.24) is 0 Å². The van der Waals surface area contributed by atoms with E-state index < -0.39 is 29.9 Å². The van der Waals surface area contributed by atoms with Gasteiger partial charge < -0.3 is 20.5 Å². The van der Waals surface area contributed by atoms with Crippen LogP contribution >= 0.6 is 0 Å². The smallest absolute Gasteiger partial charge is 0.471 e. The SMILES string of the molecule is O=C(O)CCC(=O)Nc1ccc(OC(=O)Cc2ccc(NC(=O)C(F)(F)F)cc2)cc1. The van der Waals surface area contributed by atoms with Gasteiger partial charge in [-0.2, -0.15) is 13.2 Å². The normalized spacial score (nSPS) is 10.8. The molecule has 2 aromatic carbocycles. The summed E-state index contributed by atoms with van der Waals surface area (Å²) in [6, 6.07) is 11.0. The first kappa shape index (κ1) is 23.4. The van der Waals surface area contributed by atoms with Crippen molar-refractivity contribution in [3.8, 4) is 5.75 Å². The third-order valence-electron chi connectivity index (χ3n) is 3.75. The molecule has 0 radical (unpaired) electrons. The summed E-state index contributed by atoms with van der Waals surface area (Å²) in [6.07, 6.45) is -5.64. The molecule has 0 unspecified atom stereocenters. The summed E-state index contributed by atoms with van der Waals surface area (Å²) in [5.74, 6) is -4.09. The molecule has 2 rings (SSSR count). The van der Waals surface area contributed by atoms with Crippen LogP contribution in [0.4, 0.5) is 24.5 Å². The second kappa shape index (κ2) is 10.2. The van der Waals surface area contributed by atoms with E-state index in [9.17, 15) is 32.3 Å². The standard InChI is InChI=1S/C20H17F3N2O6/c21-20(22,23)19(30)25-14-3-1-12(2-4-14)11-18(29)31-15-7-5-13(6-8-15)24-16(26)9-10-17(27)28/h1-8H,9-11H2,(H,24,26)(H,25,30)(H,27,28). The van der Waals surface area contributed by atoms with Gasteiger partial charge in [-0.1, -0.05) is 12.1 Å². The van der Waals surface area contributed by atoms with E-state index in [1.165, 1.54) is 48.5 Å². The molecular weight excluding hydrogens is 421 g/mol. The molecule has 0 heterocycles. The van der Waals surface area contributed by atoms with Crippen LogP contribution in [0.1, 0.15) is 18.4 Å². The maximum atomic E-state index is 12.2. The van der Waals surface area contributed by atoms with Crippen molar-refractivity contribution in [3.05, 3.63) is 54.1 Å². The second-order valence-electron chi connectivity index (χ2n) is 6.27. The Hall–Kier alpha value is -3.89. The summed E-state index contributed by atoms with van der Waals surface area (Å²) < 4.78 is 41.8. The van der Waals surface area contributed by atoms with Crippen LogP contribution in [0, 0.1) is 0 Å². The van der Waals surface area contributed by atoms with Crippen molar-refractivity contribution in [1.29, 1.82) is 0 Å². The van der Waals surface area contributed by atoms with Gasteiger partial charge in [-0.25, -0.2) is 0 Å². The van der Waals surface area contributed by atoms with Crippen molar-refractivity contribution >= 4 is 35.1 Å². The van der Waals surface area contributed by atoms with Crippen LogP contribution in [0.5, 0.6) is 5.75 Å². The number of nitrogens with one attached hydrogen (secondary N) is 2. The minimum Gasteiger partial charge on any atom is -0.481 e. The third kappa shape index (κ3) is 8.17. The quantitative estimate of drug-likeness (QED) is 0.430. The van der Waals surface area contributed by atoms with Gasteiger partial charge >= 0.3 is 24.0 Å². The lowest BCUT2D eigenvalue weighted by Crippen LogP contribution is -2.29. The number of rotatable bonds is 8. The van der Waals surface area contributed by atoms with Crippen LogP contribution in [-0.2, 0) is 25.6 Å². The van der Waals surface area contributed by atoms with Gasteiger partial charge in [-0.3, -0.25) is 19.2 Å². The van der Waals surface area contributed by atoms with E-state index in [-0.39, 0.29) is 30.7 Å². The van der Waals surface area contributed by atoms with E-state index in [2.05, 4.69) is 5.32 Å². The molecule has 0 saturated carbocycles. The van der Waals surface area contributed by atoms with Crippen molar-refractivity contribution in [2.45, 2.75) is 25.4 Å². The largest absolute Gasteiger partial charge is 0.481 e. The number of aliphatic carboxylic acids is 1. The molecule has 164 valence electrons. The average Bonchev–Trinajstić information content (AvgIpc) is 2.68. The van der Waals surface area contributed by atoms with Gasteiger partial charge in [0.05, 0.1) is 12.8 Å². The number of halogens is 3. The molecule has 11 heteroatoms. The van der Waals surface area contributed by atoms with Crippen molar-refractivity contribution in [2.75, 3.05) is 10.6 Å². The summed E-state index contributed by atoms with van der Waals surface area (Å²) in [7, 11) is 0. The molecular formula is C20H17F3N2O6. The van der Waals surface area contributed by atoms with Gasteiger partial charge in [0.2, 0.25) is 5.91 Å². The fraction of sp³-hybridized carbons (Fsp3) is 0.200. The highest BCUT2D eigenvalue weighted by Crippen LogP contribution is 2.20.